The summed E-state index contributed by atoms with van der Waals surface area (Å²) < 4.78 is 5.50. The number of hydrogen-bond donors (Lipinski definition) is 1. The number of nitrogens with two attached hydrogens (primary N) is 1. The first-order valence-electron chi connectivity index (χ1n) is 6.42. The molecule has 1 heterocycles. The minimum atomic E-state index is 0.517. The molecule has 1 aliphatic rings. The molecular weight excluding hydrogens is 212 g/mol. The Balaban J connectivity index is 2.13. The first-order valence-corrected chi connectivity index (χ1v) is 6.42. The Morgan fingerprint density at radius 3 is 3.00 bits per heavy atom. The van der Waals surface area contributed by atoms with Crippen LogP contribution in [0.2, 0.25) is 0 Å². The summed E-state index contributed by atoms with van der Waals surface area (Å²) >= 11 is 0. The van der Waals surface area contributed by atoms with Gasteiger partial charge < -0.3 is 15.4 Å². The summed E-state index contributed by atoms with van der Waals surface area (Å²) in [6, 6.07) is 9.20. The Kier molecular flexibility index (Phi) is 4.40. The summed E-state index contributed by atoms with van der Waals surface area (Å²) in [5.74, 6) is 0. The average Bonchev–Trinajstić information content (AvgIpc) is 2.83. The molecule has 2 N–H and O–H groups in total. The minimum absolute atomic E-state index is 0.517. The third-order valence-electron chi connectivity index (χ3n) is 3.28. The van der Waals surface area contributed by atoms with Crippen molar-refractivity contribution < 1.29 is 4.74 Å². The number of aryl methyl sites for hydroxylation is 1. The molecule has 0 aromatic heterocycles. The second kappa shape index (κ2) is 6.03. The molecule has 0 saturated carbocycles. The molecule has 1 fully saturated rings. The molecule has 1 aromatic rings. The van der Waals surface area contributed by atoms with Crippen molar-refractivity contribution in [3.05, 3.63) is 29.8 Å². The Hall–Kier alpha value is -1.06. The van der Waals surface area contributed by atoms with Crippen molar-refractivity contribution in [2.24, 2.45) is 5.73 Å². The molecule has 3 nitrogen and oxygen atoms in total. The maximum atomic E-state index is 5.63. The molecule has 3 heteroatoms. The zero-order valence-corrected chi connectivity index (χ0v) is 10.6. The first-order chi connectivity index (χ1) is 8.31. The third kappa shape index (κ3) is 3.20. The molecule has 1 aromatic carbocycles. The van der Waals surface area contributed by atoms with Crippen LogP contribution >= 0.6 is 0 Å². The highest BCUT2D eigenvalue weighted by atomic mass is 16.5. The quantitative estimate of drug-likeness (QED) is 0.846. The highest BCUT2D eigenvalue weighted by Crippen LogP contribution is 2.22. The number of anilines is 1. The van der Waals surface area contributed by atoms with E-state index in [4.69, 9.17) is 10.5 Å². The molecule has 0 radical (unpaired) electrons. The summed E-state index contributed by atoms with van der Waals surface area (Å²) in [6.07, 6.45) is 2.16. The zero-order valence-electron chi connectivity index (χ0n) is 10.6. The van der Waals surface area contributed by atoms with Crippen molar-refractivity contribution in [2.75, 3.05) is 31.2 Å². The maximum Gasteiger partial charge on any atom is 0.0670 e. The normalized spacial score (nSPS) is 19.5. The molecule has 17 heavy (non-hydrogen) atoms. The van der Waals surface area contributed by atoms with Crippen molar-refractivity contribution in [1.29, 1.82) is 0 Å². The van der Waals surface area contributed by atoms with Crippen molar-refractivity contribution >= 4 is 5.69 Å². The van der Waals surface area contributed by atoms with Crippen molar-refractivity contribution in [3.63, 3.8) is 0 Å². The van der Waals surface area contributed by atoms with Gasteiger partial charge in [0.15, 0.2) is 0 Å². The molecule has 1 atom stereocenters. The van der Waals surface area contributed by atoms with Gasteiger partial charge in [0.1, 0.15) is 0 Å². The minimum Gasteiger partial charge on any atom is -0.379 e. The van der Waals surface area contributed by atoms with E-state index < -0.39 is 0 Å². The lowest BCUT2D eigenvalue weighted by Gasteiger charge is -2.30. The summed E-state index contributed by atoms with van der Waals surface area (Å²) in [7, 11) is 0. The Morgan fingerprint density at radius 1 is 1.47 bits per heavy atom. The van der Waals surface area contributed by atoms with Crippen LogP contribution in [-0.4, -0.2) is 32.3 Å². The van der Waals surface area contributed by atoms with E-state index in [1.807, 2.05) is 0 Å². The Labute approximate surface area is 104 Å². The van der Waals surface area contributed by atoms with E-state index in [1.165, 1.54) is 11.3 Å². The van der Waals surface area contributed by atoms with E-state index in [-0.39, 0.29) is 0 Å². The van der Waals surface area contributed by atoms with Crippen LogP contribution in [0.3, 0.4) is 0 Å². The van der Waals surface area contributed by atoms with Gasteiger partial charge in [0.05, 0.1) is 12.6 Å². The van der Waals surface area contributed by atoms with Gasteiger partial charge in [0, 0.05) is 18.8 Å². The number of rotatable bonds is 5. The molecular formula is C14H22N2O. The highest BCUT2D eigenvalue weighted by Gasteiger charge is 2.23. The van der Waals surface area contributed by atoms with E-state index in [1.54, 1.807) is 0 Å². The van der Waals surface area contributed by atoms with Crippen LogP contribution in [-0.2, 0) is 4.74 Å². The summed E-state index contributed by atoms with van der Waals surface area (Å²) in [6.45, 7) is 5.63. The van der Waals surface area contributed by atoms with Gasteiger partial charge in [-0.1, -0.05) is 12.1 Å². The largest absolute Gasteiger partial charge is 0.379 e. The summed E-state index contributed by atoms with van der Waals surface area (Å²) in [5.41, 5.74) is 8.23. The fraction of sp³-hybridized carbons (Fsp3) is 0.571. The second-order valence-electron chi connectivity index (χ2n) is 4.69. The van der Waals surface area contributed by atoms with E-state index in [9.17, 15) is 0 Å². The van der Waals surface area contributed by atoms with E-state index >= 15 is 0 Å². The van der Waals surface area contributed by atoms with Gasteiger partial charge >= 0.3 is 0 Å². The lowest BCUT2D eigenvalue weighted by atomic mass is 10.1. The predicted octanol–water partition coefficient (Wildman–Crippen LogP) is 1.94. The summed E-state index contributed by atoms with van der Waals surface area (Å²) in [5, 5.41) is 0. The van der Waals surface area contributed by atoms with Gasteiger partial charge in [-0.25, -0.2) is 0 Å². The van der Waals surface area contributed by atoms with Gasteiger partial charge in [0.25, 0.3) is 0 Å². The molecule has 1 aliphatic heterocycles. The van der Waals surface area contributed by atoms with Crippen LogP contribution in [0, 0.1) is 6.92 Å². The molecule has 2 rings (SSSR count). The highest BCUT2D eigenvalue weighted by molar-refractivity contribution is 5.49. The fourth-order valence-electron chi connectivity index (χ4n) is 2.36. The third-order valence-corrected chi connectivity index (χ3v) is 3.28. The van der Waals surface area contributed by atoms with Gasteiger partial charge in [-0.15, -0.1) is 0 Å². The van der Waals surface area contributed by atoms with Gasteiger partial charge in [-0.05, 0) is 44.0 Å². The number of hydrogen-bond acceptors (Lipinski definition) is 3. The standard InChI is InChI=1S/C14H22N2O/c1-12-4-2-5-13(10-12)16(8-3-7-15)14-6-9-17-11-14/h2,4-5,10,14H,3,6-9,11,15H2,1H3. The maximum absolute atomic E-state index is 5.63. The lowest BCUT2D eigenvalue weighted by molar-refractivity contribution is 0.193. The molecule has 1 saturated heterocycles. The van der Waals surface area contributed by atoms with Gasteiger partial charge in [0.2, 0.25) is 0 Å². The Morgan fingerprint density at radius 2 is 2.35 bits per heavy atom. The monoisotopic (exact) mass is 234 g/mol. The van der Waals surface area contributed by atoms with Gasteiger partial charge in [-0.2, -0.15) is 0 Å². The second-order valence-corrected chi connectivity index (χ2v) is 4.69. The molecule has 1 unspecified atom stereocenters. The van der Waals surface area contributed by atoms with Gasteiger partial charge in [-0.3, -0.25) is 0 Å². The van der Waals surface area contributed by atoms with Crippen LogP contribution in [0.5, 0.6) is 0 Å². The molecule has 0 bridgehead atoms. The van der Waals surface area contributed by atoms with Crippen molar-refractivity contribution in [3.8, 4) is 0 Å². The SMILES string of the molecule is Cc1cccc(N(CCCN)C2CCOC2)c1. The van der Waals surface area contributed by atoms with Crippen LogP contribution in [0.4, 0.5) is 5.69 Å². The lowest BCUT2D eigenvalue weighted by Crippen LogP contribution is -2.37. The number of nitrogens with zero attached hydrogens (tertiary/aromatic N) is 1. The fourth-order valence-corrected chi connectivity index (χ4v) is 2.36. The van der Waals surface area contributed by atoms with E-state index in [0.29, 0.717) is 6.04 Å². The first kappa shape index (κ1) is 12.4. The molecule has 0 aliphatic carbocycles. The number of ether oxygens (including phenoxy) is 1. The average molecular weight is 234 g/mol. The van der Waals surface area contributed by atoms with Crippen LogP contribution in [0.1, 0.15) is 18.4 Å². The number of benzene rings is 1. The topological polar surface area (TPSA) is 38.5 Å². The molecule has 94 valence electrons. The van der Waals surface area contributed by atoms with Crippen LogP contribution in [0.15, 0.2) is 24.3 Å². The van der Waals surface area contributed by atoms with Crippen LogP contribution in [0.25, 0.3) is 0 Å². The van der Waals surface area contributed by atoms with E-state index in [2.05, 4.69) is 36.1 Å². The van der Waals surface area contributed by atoms with E-state index in [0.717, 1.165) is 39.1 Å². The predicted molar refractivity (Wildman–Crippen MR) is 71.4 cm³/mol. The molecule has 0 spiro atoms. The van der Waals surface area contributed by atoms with Crippen molar-refractivity contribution in [2.45, 2.75) is 25.8 Å². The smallest absolute Gasteiger partial charge is 0.0670 e. The molecule has 0 amide bonds. The van der Waals surface area contributed by atoms with Crippen molar-refractivity contribution in [1.82, 2.24) is 0 Å². The summed E-state index contributed by atoms with van der Waals surface area (Å²) in [4.78, 5) is 2.45. The van der Waals surface area contributed by atoms with Crippen LogP contribution < -0.4 is 10.6 Å². The zero-order chi connectivity index (χ0) is 12.1. The Bertz CT molecular complexity index is 348.